The van der Waals surface area contributed by atoms with Gasteiger partial charge in [-0.25, -0.2) is 0 Å². The third-order valence-corrected chi connectivity index (χ3v) is 0.447. The Morgan fingerprint density at radius 1 is 0.900 bits per heavy atom. The zero-order valence-electron chi connectivity index (χ0n) is 6.93. The molecule has 2 radical (unpaired) electrons. The summed E-state index contributed by atoms with van der Waals surface area (Å²) < 4.78 is 0. The minimum absolute atomic E-state index is 0. The summed E-state index contributed by atoms with van der Waals surface area (Å²) in [7, 11) is 0. The van der Waals surface area contributed by atoms with E-state index in [1.165, 1.54) is 0 Å². The van der Waals surface area contributed by atoms with Crippen LogP contribution in [0, 0.1) is 0 Å². The van der Waals surface area contributed by atoms with Crippen molar-refractivity contribution in [3.05, 3.63) is 0 Å². The van der Waals surface area contributed by atoms with Gasteiger partial charge in [-0.2, -0.15) is 0 Å². The van der Waals surface area contributed by atoms with Gasteiger partial charge in [-0.1, -0.05) is 13.8 Å². The third kappa shape index (κ3) is 49.6. The average molecular weight is 256 g/mol. The van der Waals surface area contributed by atoms with Crippen molar-refractivity contribution in [3.63, 3.8) is 0 Å². The fraction of sp³-hybridized carbons (Fsp3) is 1.00. The molecule has 0 aliphatic rings. The molecule has 4 heteroatoms. The summed E-state index contributed by atoms with van der Waals surface area (Å²) >= 11 is 0. The Kier molecular flexibility index (Phi) is 69.1. The van der Waals surface area contributed by atoms with Crippen LogP contribution in [0.1, 0.15) is 26.7 Å². The second kappa shape index (κ2) is 30.4. The van der Waals surface area contributed by atoms with E-state index in [0.717, 1.165) is 12.8 Å². The van der Waals surface area contributed by atoms with Gasteiger partial charge in [-0.15, -0.1) is 0 Å². The van der Waals surface area contributed by atoms with Crippen LogP contribution in [-0.4, -0.2) is 68.9 Å². The molecule has 0 atom stereocenters. The average Bonchev–Trinajstić information content (AvgIpc) is 1.88. The third-order valence-electron chi connectivity index (χ3n) is 0.447. The molecule has 0 unspecified atom stereocenters. The quantitative estimate of drug-likeness (QED) is 0.701. The van der Waals surface area contributed by atoms with Gasteiger partial charge in [0.25, 0.3) is 0 Å². The maximum Gasteiger partial charge on any atom is 0.0428 e. The summed E-state index contributed by atoms with van der Waals surface area (Å²) in [6.07, 6.45) is 1.75. The van der Waals surface area contributed by atoms with E-state index in [4.69, 9.17) is 10.2 Å². The number of hydrogen-bond donors (Lipinski definition) is 2. The molecule has 0 aliphatic heterocycles. The predicted octanol–water partition coefficient (Wildman–Crippen LogP) is 0.394. The molecule has 0 aromatic carbocycles. The molecule has 58 valence electrons. The van der Waals surface area contributed by atoms with E-state index >= 15 is 0 Å². The molecule has 0 rings (SSSR count). The van der Waals surface area contributed by atoms with Crippen LogP contribution in [0.3, 0.4) is 0 Å². The van der Waals surface area contributed by atoms with E-state index in [1.54, 1.807) is 0 Å². The SMILES string of the molecule is CCCO.CCCO.[Sr].[Ti]. The van der Waals surface area contributed by atoms with Crippen LogP contribution in [0.5, 0.6) is 0 Å². The molecule has 10 heavy (non-hydrogen) atoms. The van der Waals surface area contributed by atoms with Gasteiger partial charge >= 0.3 is 0 Å². The molecule has 0 amide bonds. The van der Waals surface area contributed by atoms with E-state index in [0.29, 0.717) is 13.2 Å². The van der Waals surface area contributed by atoms with Crippen molar-refractivity contribution in [2.75, 3.05) is 13.2 Å². The first-order valence-electron chi connectivity index (χ1n) is 3.05. The normalized spacial score (nSPS) is 6.00. The van der Waals surface area contributed by atoms with E-state index in [9.17, 15) is 0 Å². The molecule has 0 aromatic rings. The molecule has 0 heterocycles. The fourth-order valence-corrected chi connectivity index (χ4v) is 0. The van der Waals surface area contributed by atoms with E-state index < -0.39 is 0 Å². The molecular formula is C6H16O2SrTi. The topological polar surface area (TPSA) is 40.5 Å². The van der Waals surface area contributed by atoms with Gasteiger partial charge in [0.05, 0.1) is 0 Å². The molecule has 0 aliphatic carbocycles. The Morgan fingerprint density at radius 3 is 1.00 bits per heavy atom. The van der Waals surface area contributed by atoms with E-state index in [2.05, 4.69) is 0 Å². The first kappa shape index (κ1) is 22.7. The smallest absolute Gasteiger partial charge is 0.0428 e. The Morgan fingerprint density at radius 2 is 1.00 bits per heavy atom. The summed E-state index contributed by atoms with van der Waals surface area (Å²) in [5.74, 6) is 0. The molecule has 2 N–H and O–H groups in total. The molecular weight excluding hydrogens is 240 g/mol. The summed E-state index contributed by atoms with van der Waals surface area (Å²) in [6.45, 7) is 4.50. The molecule has 2 nitrogen and oxygen atoms in total. The van der Waals surface area contributed by atoms with Crippen molar-refractivity contribution in [2.24, 2.45) is 0 Å². The zero-order valence-corrected chi connectivity index (χ0v) is 12.0. The summed E-state index contributed by atoms with van der Waals surface area (Å²) in [5, 5.41) is 15.8. The number of hydrogen-bond acceptors (Lipinski definition) is 2. The van der Waals surface area contributed by atoms with Crippen molar-refractivity contribution >= 4 is 45.5 Å². The molecule has 0 saturated heterocycles. The first-order chi connectivity index (χ1) is 3.83. The van der Waals surface area contributed by atoms with Crippen LogP contribution in [0.15, 0.2) is 0 Å². The van der Waals surface area contributed by atoms with Gasteiger partial charge in [0.2, 0.25) is 0 Å². The molecule has 0 spiro atoms. The van der Waals surface area contributed by atoms with Crippen LogP contribution >= 0.6 is 0 Å². The van der Waals surface area contributed by atoms with Crippen LogP contribution in [0.25, 0.3) is 0 Å². The molecule has 0 saturated carbocycles. The zero-order chi connectivity index (χ0) is 6.83. The Bertz CT molecular complexity index is 23.7. The maximum absolute atomic E-state index is 7.88. The number of aliphatic hydroxyl groups excluding tert-OH is 2. The molecule has 0 aromatic heterocycles. The minimum atomic E-state index is 0. The van der Waals surface area contributed by atoms with Crippen LogP contribution in [-0.2, 0) is 21.7 Å². The predicted molar refractivity (Wildman–Crippen MR) is 40.5 cm³/mol. The molecule has 0 bridgehead atoms. The van der Waals surface area contributed by atoms with Gasteiger partial charge in [-0.3, -0.25) is 0 Å². The Labute approximate surface area is 116 Å². The summed E-state index contributed by atoms with van der Waals surface area (Å²) in [5.41, 5.74) is 0. The molecule has 0 fully saturated rings. The van der Waals surface area contributed by atoms with Crippen molar-refractivity contribution < 1.29 is 31.9 Å². The van der Waals surface area contributed by atoms with Gasteiger partial charge in [-0.05, 0) is 12.8 Å². The second-order valence-corrected chi connectivity index (χ2v) is 1.45. The summed E-state index contributed by atoms with van der Waals surface area (Å²) in [4.78, 5) is 0. The van der Waals surface area contributed by atoms with Gasteiger partial charge in [0.1, 0.15) is 0 Å². The standard InChI is InChI=1S/2C3H8O.Sr.Ti/c2*1-2-3-4;;/h2*4H,2-3H2,1H3;;. The van der Waals surface area contributed by atoms with Crippen LogP contribution in [0.2, 0.25) is 0 Å². The van der Waals surface area contributed by atoms with Crippen LogP contribution < -0.4 is 0 Å². The minimum Gasteiger partial charge on any atom is -0.396 e. The second-order valence-electron chi connectivity index (χ2n) is 1.45. The van der Waals surface area contributed by atoms with Gasteiger partial charge in [0, 0.05) is 80.4 Å². The van der Waals surface area contributed by atoms with Crippen molar-refractivity contribution in [3.8, 4) is 0 Å². The van der Waals surface area contributed by atoms with Crippen molar-refractivity contribution in [2.45, 2.75) is 26.7 Å². The maximum atomic E-state index is 7.88. The van der Waals surface area contributed by atoms with Crippen LogP contribution in [0.4, 0.5) is 0 Å². The summed E-state index contributed by atoms with van der Waals surface area (Å²) in [6, 6.07) is 0. The van der Waals surface area contributed by atoms with Gasteiger partial charge in [0.15, 0.2) is 0 Å². The Balaban J connectivity index is -0.0000000300. The van der Waals surface area contributed by atoms with Crippen molar-refractivity contribution in [1.29, 1.82) is 0 Å². The fourth-order valence-electron chi connectivity index (χ4n) is 0. The number of aliphatic hydroxyl groups is 2. The first-order valence-corrected chi connectivity index (χ1v) is 3.05. The number of rotatable bonds is 2. The van der Waals surface area contributed by atoms with E-state index in [-0.39, 0.29) is 67.2 Å². The Hall–Kier alpha value is 2.11. The largest absolute Gasteiger partial charge is 0.396 e. The monoisotopic (exact) mass is 256 g/mol. The van der Waals surface area contributed by atoms with E-state index in [1.807, 2.05) is 13.8 Å². The van der Waals surface area contributed by atoms with Crippen molar-refractivity contribution in [1.82, 2.24) is 0 Å². The van der Waals surface area contributed by atoms with Gasteiger partial charge < -0.3 is 10.2 Å².